The molecule has 7 heteroatoms. The van der Waals surface area contributed by atoms with Crippen molar-refractivity contribution in [1.82, 2.24) is 15.1 Å². The molecular weight excluding hydrogens is 370 g/mol. The SMILES string of the molecule is Cc1ccc(CNC(=O)CSc2nn(-c3ccccc3)c(=S)s2)cc1. The van der Waals surface area contributed by atoms with E-state index in [2.05, 4.69) is 10.4 Å². The summed E-state index contributed by atoms with van der Waals surface area (Å²) >= 11 is 8.19. The Labute approximate surface area is 159 Å². The summed E-state index contributed by atoms with van der Waals surface area (Å²) < 4.78 is 3.19. The number of rotatable bonds is 6. The van der Waals surface area contributed by atoms with Gasteiger partial charge in [0, 0.05) is 6.54 Å². The van der Waals surface area contributed by atoms with Gasteiger partial charge in [-0.1, -0.05) is 71.1 Å². The fourth-order valence-corrected chi connectivity index (χ4v) is 4.33. The highest BCUT2D eigenvalue weighted by atomic mass is 32.2. The van der Waals surface area contributed by atoms with Crippen LogP contribution in [0.2, 0.25) is 0 Å². The highest BCUT2D eigenvalue weighted by molar-refractivity contribution is 8.01. The minimum atomic E-state index is -0.0158. The molecule has 0 fully saturated rings. The van der Waals surface area contributed by atoms with Crippen molar-refractivity contribution in [3.05, 3.63) is 69.7 Å². The van der Waals surface area contributed by atoms with E-state index >= 15 is 0 Å². The van der Waals surface area contributed by atoms with Crippen molar-refractivity contribution in [2.75, 3.05) is 5.75 Å². The average molecular weight is 388 g/mol. The van der Waals surface area contributed by atoms with Gasteiger partial charge in [0.1, 0.15) is 0 Å². The Balaban J connectivity index is 1.54. The van der Waals surface area contributed by atoms with Gasteiger partial charge in [0.15, 0.2) is 8.29 Å². The summed E-state index contributed by atoms with van der Waals surface area (Å²) in [5.41, 5.74) is 3.23. The lowest BCUT2D eigenvalue weighted by atomic mass is 10.1. The summed E-state index contributed by atoms with van der Waals surface area (Å²) in [4.78, 5) is 12.0. The molecule has 25 heavy (non-hydrogen) atoms. The molecule has 3 rings (SSSR count). The average Bonchev–Trinajstić information content (AvgIpc) is 3.01. The molecule has 1 heterocycles. The number of thioether (sulfide) groups is 1. The van der Waals surface area contributed by atoms with E-state index in [9.17, 15) is 4.79 Å². The fourth-order valence-electron chi connectivity index (χ4n) is 2.14. The molecule has 0 aliphatic rings. The Kier molecular flexibility index (Phi) is 6.01. The number of benzene rings is 2. The van der Waals surface area contributed by atoms with Crippen LogP contribution in [0, 0.1) is 10.9 Å². The largest absolute Gasteiger partial charge is 0.351 e. The van der Waals surface area contributed by atoms with Crippen LogP contribution < -0.4 is 5.32 Å². The van der Waals surface area contributed by atoms with Gasteiger partial charge < -0.3 is 5.32 Å². The molecule has 3 aromatic rings. The van der Waals surface area contributed by atoms with Gasteiger partial charge in [-0.3, -0.25) is 4.79 Å². The van der Waals surface area contributed by atoms with Gasteiger partial charge in [0.25, 0.3) is 0 Å². The van der Waals surface area contributed by atoms with Crippen LogP contribution in [0.1, 0.15) is 11.1 Å². The maximum Gasteiger partial charge on any atom is 0.230 e. The van der Waals surface area contributed by atoms with Gasteiger partial charge in [-0.2, -0.15) is 0 Å². The summed E-state index contributed by atoms with van der Waals surface area (Å²) in [5.74, 6) is 0.307. The lowest BCUT2D eigenvalue weighted by Crippen LogP contribution is -2.24. The number of aromatic nitrogens is 2. The van der Waals surface area contributed by atoms with Crippen molar-refractivity contribution >= 4 is 41.2 Å². The van der Waals surface area contributed by atoms with E-state index in [-0.39, 0.29) is 5.91 Å². The Morgan fingerprint density at radius 2 is 1.92 bits per heavy atom. The van der Waals surface area contributed by atoms with E-state index in [1.165, 1.54) is 28.7 Å². The molecule has 1 N–H and O–H groups in total. The summed E-state index contributed by atoms with van der Waals surface area (Å²) in [5, 5.41) is 7.42. The van der Waals surface area contributed by atoms with Crippen molar-refractivity contribution in [3.63, 3.8) is 0 Å². The van der Waals surface area contributed by atoms with Gasteiger partial charge in [-0.05, 0) is 36.8 Å². The second kappa shape index (κ2) is 8.42. The van der Waals surface area contributed by atoms with Crippen molar-refractivity contribution in [1.29, 1.82) is 0 Å². The molecule has 0 unspecified atom stereocenters. The first-order chi connectivity index (χ1) is 12.1. The number of nitrogens with one attached hydrogen (secondary N) is 1. The predicted octanol–water partition coefficient (Wildman–Crippen LogP) is 4.38. The van der Waals surface area contributed by atoms with E-state index < -0.39 is 0 Å². The normalized spacial score (nSPS) is 10.6. The Morgan fingerprint density at radius 1 is 1.20 bits per heavy atom. The number of aryl methyl sites for hydroxylation is 1. The number of carbonyl (C=O) groups excluding carboxylic acids is 1. The Hall–Kier alpha value is -1.96. The zero-order valence-electron chi connectivity index (χ0n) is 13.6. The van der Waals surface area contributed by atoms with Gasteiger partial charge in [0.05, 0.1) is 11.4 Å². The third kappa shape index (κ3) is 5.01. The predicted molar refractivity (Wildman–Crippen MR) is 106 cm³/mol. The smallest absolute Gasteiger partial charge is 0.230 e. The number of para-hydroxylation sites is 1. The van der Waals surface area contributed by atoms with E-state index in [4.69, 9.17) is 12.2 Å². The van der Waals surface area contributed by atoms with Gasteiger partial charge in [-0.25, -0.2) is 4.68 Å². The number of amides is 1. The van der Waals surface area contributed by atoms with Crippen molar-refractivity contribution in [2.24, 2.45) is 0 Å². The van der Waals surface area contributed by atoms with Crippen LogP contribution >= 0.6 is 35.3 Å². The van der Waals surface area contributed by atoms with E-state index in [0.29, 0.717) is 16.3 Å². The van der Waals surface area contributed by atoms with E-state index in [1.807, 2.05) is 61.5 Å². The molecular formula is C18H17N3OS3. The zero-order chi connectivity index (χ0) is 17.6. The monoisotopic (exact) mass is 387 g/mol. The first-order valence-electron chi connectivity index (χ1n) is 7.72. The molecule has 128 valence electrons. The maximum atomic E-state index is 12.0. The van der Waals surface area contributed by atoms with E-state index in [0.717, 1.165) is 15.6 Å². The van der Waals surface area contributed by atoms with Crippen LogP contribution in [0.3, 0.4) is 0 Å². The van der Waals surface area contributed by atoms with Crippen LogP contribution in [-0.2, 0) is 11.3 Å². The van der Waals surface area contributed by atoms with Crippen LogP contribution in [-0.4, -0.2) is 21.4 Å². The summed E-state index contributed by atoms with van der Waals surface area (Å²) in [7, 11) is 0. The van der Waals surface area contributed by atoms with Gasteiger partial charge in [-0.15, -0.1) is 5.10 Å². The standard InChI is InChI=1S/C18H17N3OS3/c1-13-7-9-14(10-8-13)11-19-16(22)12-24-17-20-21(18(23)25-17)15-5-3-2-4-6-15/h2-10H,11-12H2,1H3,(H,19,22). The van der Waals surface area contributed by atoms with Crippen molar-refractivity contribution in [3.8, 4) is 5.69 Å². The molecule has 2 aromatic carbocycles. The third-order valence-electron chi connectivity index (χ3n) is 3.47. The summed E-state index contributed by atoms with van der Waals surface area (Å²) in [6, 6.07) is 17.9. The van der Waals surface area contributed by atoms with Crippen LogP contribution in [0.4, 0.5) is 0 Å². The van der Waals surface area contributed by atoms with Crippen molar-refractivity contribution < 1.29 is 4.79 Å². The first-order valence-corrected chi connectivity index (χ1v) is 9.93. The molecule has 0 aliphatic heterocycles. The molecule has 0 atom stereocenters. The second-order valence-electron chi connectivity index (χ2n) is 5.43. The maximum absolute atomic E-state index is 12.0. The molecule has 0 bridgehead atoms. The summed E-state index contributed by atoms with van der Waals surface area (Å²) in [6.07, 6.45) is 0. The topological polar surface area (TPSA) is 46.9 Å². The third-order valence-corrected chi connectivity index (χ3v) is 5.83. The van der Waals surface area contributed by atoms with Crippen LogP contribution in [0.15, 0.2) is 58.9 Å². The molecule has 1 aromatic heterocycles. The van der Waals surface area contributed by atoms with Gasteiger partial charge in [0.2, 0.25) is 5.91 Å². The number of carbonyl (C=O) groups is 1. The second-order valence-corrected chi connectivity index (χ2v) is 8.28. The molecule has 0 saturated heterocycles. The minimum Gasteiger partial charge on any atom is -0.351 e. The van der Waals surface area contributed by atoms with Crippen LogP contribution in [0.5, 0.6) is 0 Å². The van der Waals surface area contributed by atoms with E-state index in [1.54, 1.807) is 4.68 Å². The zero-order valence-corrected chi connectivity index (χ0v) is 16.1. The minimum absolute atomic E-state index is 0.0158. The highest BCUT2D eigenvalue weighted by Crippen LogP contribution is 2.23. The molecule has 4 nitrogen and oxygen atoms in total. The molecule has 1 amide bonds. The molecule has 0 spiro atoms. The fraction of sp³-hybridized carbons (Fsp3) is 0.167. The molecule has 0 saturated carbocycles. The first kappa shape index (κ1) is 17.8. The number of hydrogen-bond donors (Lipinski definition) is 1. The lowest BCUT2D eigenvalue weighted by molar-refractivity contribution is -0.118. The summed E-state index contributed by atoms with van der Waals surface area (Å²) in [6.45, 7) is 2.58. The lowest BCUT2D eigenvalue weighted by Gasteiger charge is -2.04. The van der Waals surface area contributed by atoms with Crippen LogP contribution in [0.25, 0.3) is 5.69 Å². The van der Waals surface area contributed by atoms with Crippen molar-refractivity contribution in [2.45, 2.75) is 17.8 Å². The number of hydrogen-bond acceptors (Lipinski definition) is 5. The van der Waals surface area contributed by atoms with Gasteiger partial charge >= 0.3 is 0 Å². The quantitative estimate of drug-likeness (QED) is 0.504. The number of nitrogens with zero attached hydrogens (tertiary/aromatic N) is 2. The molecule has 0 radical (unpaired) electrons. The molecule has 0 aliphatic carbocycles. The Bertz CT molecular complexity index is 901. The highest BCUT2D eigenvalue weighted by Gasteiger charge is 2.09. The Morgan fingerprint density at radius 3 is 2.64 bits per heavy atom.